The van der Waals surface area contributed by atoms with E-state index < -0.39 is 41.7 Å². The highest BCUT2D eigenvalue weighted by molar-refractivity contribution is 6.31. The molecule has 7 heteroatoms. The molecule has 1 fully saturated rings. The number of benzene rings is 2. The molecule has 0 bridgehead atoms. The molecule has 0 aromatic heterocycles. The van der Waals surface area contributed by atoms with Gasteiger partial charge in [0.2, 0.25) is 0 Å². The van der Waals surface area contributed by atoms with Crippen molar-refractivity contribution in [2.75, 3.05) is 13.2 Å². The Morgan fingerprint density at radius 1 is 1.21 bits per heavy atom. The van der Waals surface area contributed by atoms with Gasteiger partial charge < -0.3 is 5.11 Å². The second-order valence-electron chi connectivity index (χ2n) is 9.63. The highest BCUT2D eigenvalue weighted by Gasteiger charge is 2.62. The van der Waals surface area contributed by atoms with E-state index in [2.05, 4.69) is 12.0 Å². The van der Waals surface area contributed by atoms with Crippen molar-refractivity contribution in [2.45, 2.75) is 50.6 Å². The first-order valence-electron chi connectivity index (χ1n) is 10.6. The smallest absolute Gasteiger partial charge is 0.145 e. The van der Waals surface area contributed by atoms with Crippen LogP contribution in [0.1, 0.15) is 44.2 Å². The van der Waals surface area contributed by atoms with Crippen molar-refractivity contribution in [3.05, 3.63) is 69.2 Å². The number of terminal acetylenes is 1. The lowest BCUT2D eigenvalue weighted by Crippen LogP contribution is -2.46. The zero-order valence-electron chi connectivity index (χ0n) is 18.7. The Morgan fingerprint density at radius 2 is 1.91 bits per heavy atom. The molecule has 33 heavy (non-hydrogen) atoms. The number of aliphatic hydroxyl groups excluding tert-OH is 1. The number of aliphatic hydroxyl groups is 1. The van der Waals surface area contributed by atoms with Crippen molar-refractivity contribution in [3.63, 3.8) is 0 Å². The molecule has 1 saturated heterocycles. The maximum atomic E-state index is 15.5. The van der Waals surface area contributed by atoms with Crippen LogP contribution in [0.3, 0.4) is 0 Å². The number of hydrogen-bond donors (Lipinski definition) is 1. The van der Waals surface area contributed by atoms with Crippen LogP contribution in [-0.4, -0.2) is 35.2 Å². The molecular formula is C26H26Cl2F2N2O. The van der Waals surface area contributed by atoms with Gasteiger partial charge in [-0.25, -0.2) is 8.78 Å². The molecule has 0 saturated carbocycles. The Hall–Kier alpha value is -2.15. The fourth-order valence-electron chi connectivity index (χ4n) is 5.19. The van der Waals surface area contributed by atoms with Crippen molar-refractivity contribution >= 4 is 23.2 Å². The summed E-state index contributed by atoms with van der Waals surface area (Å²) in [6.07, 6.45) is 6.11. The summed E-state index contributed by atoms with van der Waals surface area (Å²) >= 11 is 12.1. The van der Waals surface area contributed by atoms with Gasteiger partial charge in [0, 0.05) is 28.6 Å². The van der Waals surface area contributed by atoms with E-state index in [-0.39, 0.29) is 33.1 Å². The molecule has 0 radical (unpaired) electrons. The van der Waals surface area contributed by atoms with E-state index in [1.807, 2.05) is 25.7 Å². The van der Waals surface area contributed by atoms with Crippen molar-refractivity contribution in [1.29, 1.82) is 5.26 Å². The first-order chi connectivity index (χ1) is 15.5. The van der Waals surface area contributed by atoms with Crippen LogP contribution in [0.5, 0.6) is 0 Å². The van der Waals surface area contributed by atoms with E-state index in [0.717, 1.165) is 6.07 Å². The van der Waals surface area contributed by atoms with Gasteiger partial charge in [-0.2, -0.15) is 5.26 Å². The molecule has 174 valence electrons. The number of likely N-dealkylation sites (tertiary alicyclic amines) is 1. The second kappa shape index (κ2) is 9.61. The lowest BCUT2D eigenvalue weighted by atomic mass is 9.62. The van der Waals surface area contributed by atoms with Gasteiger partial charge in [0.05, 0.1) is 24.2 Å². The highest BCUT2D eigenvalue weighted by atomic mass is 35.5. The van der Waals surface area contributed by atoms with Crippen LogP contribution >= 0.6 is 23.2 Å². The van der Waals surface area contributed by atoms with Gasteiger partial charge in [0.25, 0.3) is 0 Å². The Labute approximate surface area is 203 Å². The normalized spacial score (nSPS) is 25.6. The van der Waals surface area contributed by atoms with Crippen molar-refractivity contribution < 1.29 is 13.9 Å². The zero-order chi connectivity index (χ0) is 24.6. The van der Waals surface area contributed by atoms with E-state index in [1.54, 1.807) is 6.07 Å². The fourth-order valence-corrected chi connectivity index (χ4v) is 5.53. The SMILES string of the molecule is C#CCN1C(CC(C)(C)C)C(C#N)(c2ccc(Cl)cc2F)[C@@H](c2cccc(Cl)c2F)[C@@H]1CO. The summed E-state index contributed by atoms with van der Waals surface area (Å²) in [6, 6.07) is 9.65. The van der Waals surface area contributed by atoms with Crippen LogP contribution < -0.4 is 0 Å². The molecule has 2 aromatic carbocycles. The van der Waals surface area contributed by atoms with Gasteiger partial charge in [-0.15, -0.1) is 6.42 Å². The van der Waals surface area contributed by atoms with E-state index in [4.69, 9.17) is 29.6 Å². The van der Waals surface area contributed by atoms with Gasteiger partial charge in [-0.3, -0.25) is 4.90 Å². The number of halogens is 4. The molecule has 0 spiro atoms. The van der Waals surface area contributed by atoms with Crippen LogP contribution in [0.25, 0.3) is 0 Å². The summed E-state index contributed by atoms with van der Waals surface area (Å²) in [4.78, 5) is 1.83. The Bertz CT molecular complexity index is 1120. The maximum Gasteiger partial charge on any atom is 0.145 e. The zero-order valence-corrected chi connectivity index (χ0v) is 20.3. The van der Waals surface area contributed by atoms with Crippen LogP contribution in [-0.2, 0) is 5.41 Å². The monoisotopic (exact) mass is 490 g/mol. The van der Waals surface area contributed by atoms with Gasteiger partial charge in [0.15, 0.2) is 0 Å². The second-order valence-corrected chi connectivity index (χ2v) is 10.5. The molecule has 1 heterocycles. The van der Waals surface area contributed by atoms with Crippen LogP contribution in [0.2, 0.25) is 10.0 Å². The first-order valence-corrected chi connectivity index (χ1v) is 11.4. The van der Waals surface area contributed by atoms with E-state index in [0.29, 0.717) is 6.42 Å². The molecule has 3 nitrogen and oxygen atoms in total. The molecule has 2 unspecified atom stereocenters. The molecular weight excluding hydrogens is 465 g/mol. The summed E-state index contributed by atoms with van der Waals surface area (Å²) in [5.41, 5.74) is -1.64. The standard InChI is InChI=1S/C26H26Cl2F2N2O/c1-5-11-32-21(14-33)23(17-7-6-8-19(28)24(17)30)26(15-31,22(32)13-25(2,3)4)18-10-9-16(27)12-20(18)29/h1,6-10,12,21-23,33H,11,13-14H2,2-4H3/t21-,22?,23-,26?/m0/s1. The fraction of sp³-hybridized carbons (Fsp3) is 0.423. The average Bonchev–Trinajstić information content (AvgIpc) is 2.98. The Kier molecular flexibility index (Phi) is 7.42. The number of nitriles is 1. The predicted molar refractivity (Wildman–Crippen MR) is 127 cm³/mol. The lowest BCUT2D eigenvalue weighted by Gasteiger charge is -2.39. The minimum atomic E-state index is -1.57. The van der Waals surface area contributed by atoms with Crippen LogP contribution in [0.4, 0.5) is 8.78 Å². The molecule has 2 aromatic rings. The van der Waals surface area contributed by atoms with Gasteiger partial charge in [-0.1, -0.05) is 68.1 Å². The maximum absolute atomic E-state index is 15.5. The Morgan fingerprint density at radius 3 is 2.45 bits per heavy atom. The van der Waals surface area contributed by atoms with Gasteiger partial charge in [0.1, 0.15) is 17.0 Å². The molecule has 0 amide bonds. The quantitative estimate of drug-likeness (QED) is 0.528. The minimum absolute atomic E-state index is 0.0889. The van der Waals surface area contributed by atoms with Crippen LogP contribution in [0, 0.1) is 40.7 Å². The molecule has 1 N–H and O–H groups in total. The third-order valence-corrected chi connectivity index (χ3v) is 6.90. The van der Waals surface area contributed by atoms with Crippen molar-refractivity contribution in [1.82, 2.24) is 4.90 Å². The topological polar surface area (TPSA) is 47.3 Å². The van der Waals surface area contributed by atoms with E-state index >= 15 is 8.78 Å². The lowest BCUT2D eigenvalue weighted by molar-refractivity contribution is 0.113. The summed E-state index contributed by atoms with van der Waals surface area (Å²) < 4.78 is 30.9. The minimum Gasteiger partial charge on any atom is -0.395 e. The highest BCUT2D eigenvalue weighted by Crippen LogP contribution is 2.56. The average molecular weight is 491 g/mol. The molecule has 3 rings (SSSR count). The molecule has 1 aliphatic rings. The summed E-state index contributed by atoms with van der Waals surface area (Å²) in [6.45, 7) is 5.70. The van der Waals surface area contributed by atoms with Gasteiger partial charge >= 0.3 is 0 Å². The van der Waals surface area contributed by atoms with Crippen molar-refractivity contribution in [3.8, 4) is 18.4 Å². The third kappa shape index (κ3) is 4.48. The largest absolute Gasteiger partial charge is 0.395 e. The summed E-state index contributed by atoms with van der Waals surface area (Å²) in [7, 11) is 0. The van der Waals surface area contributed by atoms with Gasteiger partial charge in [-0.05, 0) is 35.6 Å². The van der Waals surface area contributed by atoms with E-state index in [9.17, 15) is 10.4 Å². The molecule has 4 atom stereocenters. The van der Waals surface area contributed by atoms with E-state index in [1.165, 1.54) is 24.3 Å². The first kappa shape index (κ1) is 25.5. The third-order valence-electron chi connectivity index (χ3n) is 6.37. The number of rotatable bonds is 5. The number of nitrogens with zero attached hydrogens (tertiary/aromatic N) is 2. The summed E-state index contributed by atoms with van der Waals surface area (Å²) in [5, 5.41) is 21.3. The molecule has 0 aliphatic carbocycles. The number of hydrogen-bond acceptors (Lipinski definition) is 3. The predicted octanol–water partition coefficient (Wildman–Crippen LogP) is 5.93. The van der Waals surface area contributed by atoms with Crippen molar-refractivity contribution in [2.24, 2.45) is 5.41 Å². The summed E-state index contributed by atoms with van der Waals surface area (Å²) in [5.74, 6) is 0.282. The Balaban J connectivity index is 2.44. The van der Waals surface area contributed by atoms with Crippen LogP contribution in [0.15, 0.2) is 36.4 Å². The molecule has 1 aliphatic heterocycles.